The van der Waals surface area contributed by atoms with Crippen LogP contribution < -0.4 is 14.8 Å². The van der Waals surface area contributed by atoms with Gasteiger partial charge in [0.2, 0.25) is 5.91 Å². The van der Waals surface area contributed by atoms with E-state index in [2.05, 4.69) is 5.32 Å². The van der Waals surface area contributed by atoms with Crippen LogP contribution in [0.4, 0.5) is 0 Å². The van der Waals surface area contributed by atoms with E-state index in [1.165, 1.54) is 0 Å². The molecule has 5 nitrogen and oxygen atoms in total. The van der Waals surface area contributed by atoms with Crippen LogP contribution in [0.3, 0.4) is 0 Å². The molecule has 0 aliphatic carbocycles. The highest BCUT2D eigenvalue weighted by molar-refractivity contribution is 5.78. The molecule has 124 valence electrons. The maximum atomic E-state index is 11.4. The summed E-state index contributed by atoms with van der Waals surface area (Å²) in [6, 6.07) is 17.1. The Kier molecular flexibility index (Phi) is 6.66. The second-order valence-electron chi connectivity index (χ2n) is 5.18. The lowest BCUT2D eigenvalue weighted by atomic mass is 10.2. The summed E-state index contributed by atoms with van der Waals surface area (Å²) < 4.78 is 11.4. The van der Waals surface area contributed by atoms with Crippen LogP contribution >= 0.6 is 0 Å². The molecule has 0 aromatic heterocycles. The van der Waals surface area contributed by atoms with E-state index in [0.717, 1.165) is 16.9 Å². The van der Waals surface area contributed by atoms with Gasteiger partial charge in [0.25, 0.3) is 0 Å². The van der Waals surface area contributed by atoms with Gasteiger partial charge in [-0.1, -0.05) is 36.4 Å². The second kappa shape index (κ2) is 9.21. The molecule has 0 bridgehead atoms. The Bertz CT molecular complexity index is 723. The van der Waals surface area contributed by atoms with Crippen molar-refractivity contribution in [2.24, 2.45) is 0 Å². The Balaban J connectivity index is 1.83. The number of benzene rings is 2. The van der Waals surface area contributed by atoms with Crippen LogP contribution in [0.25, 0.3) is 0 Å². The summed E-state index contributed by atoms with van der Waals surface area (Å²) in [7, 11) is 0. The molecule has 0 spiro atoms. The number of nitrogens with zero attached hydrogens (tertiary/aromatic N) is 1. The lowest BCUT2D eigenvalue weighted by Gasteiger charge is -2.13. The molecule has 0 heterocycles. The number of carbonyl (C=O) groups is 1. The molecule has 2 aromatic rings. The largest absolute Gasteiger partial charge is 0.490 e. The molecule has 0 aliphatic heterocycles. The molecule has 0 saturated heterocycles. The minimum Gasteiger partial charge on any atom is -0.490 e. The fourth-order valence-corrected chi connectivity index (χ4v) is 2.14. The van der Waals surface area contributed by atoms with Crippen LogP contribution in [-0.2, 0) is 11.3 Å². The van der Waals surface area contributed by atoms with Gasteiger partial charge in [0.1, 0.15) is 31.1 Å². The second-order valence-corrected chi connectivity index (χ2v) is 5.18. The molecule has 0 aliphatic rings. The van der Waals surface area contributed by atoms with Crippen molar-refractivity contribution in [1.29, 1.82) is 5.26 Å². The van der Waals surface area contributed by atoms with Gasteiger partial charge < -0.3 is 14.8 Å². The molecular weight excluding hydrogens is 304 g/mol. The van der Waals surface area contributed by atoms with E-state index in [-0.39, 0.29) is 12.3 Å². The van der Waals surface area contributed by atoms with Gasteiger partial charge in [0.15, 0.2) is 0 Å². The summed E-state index contributed by atoms with van der Waals surface area (Å²) in [5, 5.41) is 11.2. The van der Waals surface area contributed by atoms with Crippen molar-refractivity contribution >= 4 is 5.91 Å². The fraction of sp³-hybridized carbons (Fsp3) is 0.263. The highest BCUT2D eigenvalue weighted by atomic mass is 16.5. The Morgan fingerprint density at radius 1 is 1.04 bits per heavy atom. The SMILES string of the molecule is Cc1ccccc1OCCOc1ccccc1CNC(=O)CC#N. The lowest BCUT2D eigenvalue weighted by molar-refractivity contribution is -0.120. The Labute approximate surface area is 141 Å². The molecule has 0 saturated carbocycles. The summed E-state index contributed by atoms with van der Waals surface area (Å²) in [6.45, 7) is 3.15. The maximum Gasteiger partial charge on any atom is 0.234 e. The average molecular weight is 324 g/mol. The van der Waals surface area contributed by atoms with Gasteiger partial charge in [0, 0.05) is 12.1 Å². The Hall–Kier alpha value is -3.00. The normalized spacial score (nSPS) is 9.83. The van der Waals surface area contributed by atoms with Crippen molar-refractivity contribution in [2.45, 2.75) is 19.9 Å². The number of para-hydroxylation sites is 2. The summed E-state index contributed by atoms with van der Waals surface area (Å²) in [6.07, 6.45) is -0.146. The molecule has 2 aromatic carbocycles. The summed E-state index contributed by atoms with van der Waals surface area (Å²) in [4.78, 5) is 11.4. The first kappa shape index (κ1) is 17.4. The summed E-state index contributed by atoms with van der Waals surface area (Å²) in [5.41, 5.74) is 1.94. The number of hydrogen-bond donors (Lipinski definition) is 1. The average Bonchev–Trinajstić information content (AvgIpc) is 2.59. The zero-order chi connectivity index (χ0) is 17.2. The summed E-state index contributed by atoms with van der Waals surface area (Å²) in [5.74, 6) is 1.25. The number of nitriles is 1. The molecule has 0 atom stereocenters. The van der Waals surface area contributed by atoms with Crippen molar-refractivity contribution in [3.63, 3.8) is 0 Å². The first-order valence-corrected chi connectivity index (χ1v) is 7.73. The van der Waals surface area contributed by atoms with Gasteiger partial charge in [-0.05, 0) is 24.6 Å². The minimum atomic E-state index is -0.296. The van der Waals surface area contributed by atoms with E-state index in [1.54, 1.807) is 0 Å². The Morgan fingerprint density at radius 3 is 2.38 bits per heavy atom. The number of amides is 1. The molecule has 0 fully saturated rings. The molecule has 5 heteroatoms. The van der Waals surface area contributed by atoms with E-state index < -0.39 is 0 Å². The van der Waals surface area contributed by atoms with Crippen molar-refractivity contribution in [3.05, 3.63) is 59.7 Å². The first-order chi connectivity index (χ1) is 11.7. The standard InChI is InChI=1S/C19H20N2O3/c1-15-6-2-4-8-17(15)23-12-13-24-18-9-5-3-7-16(18)14-21-19(22)10-11-20/h2-9H,10,12-14H2,1H3,(H,21,22). The Morgan fingerprint density at radius 2 is 1.67 bits per heavy atom. The topological polar surface area (TPSA) is 71.3 Å². The molecule has 2 rings (SSSR count). The zero-order valence-corrected chi connectivity index (χ0v) is 13.6. The summed E-state index contributed by atoms with van der Waals surface area (Å²) >= 11 is 0. The number of aryl methyl sites for hydroxylation is 1. The fourth-order valence-electron chi connectivity index (χ4n) is 2.14. The number of carbonyl (C=O) groups excluding carboxylic acids is 1. The highest BCUT2D eigenvalue weighted by Crippen LogP contribution is 2.19. The van der Waals surface area contributed by atoms with Crippen LogP contribution in [0.15, 0.2) is 48.5 Å². The van der Waals surface area contributed by atoms with Gasteiger partial charge in [-0.3, -0.25) is 4.79 Å². The van der Waals surface area contributed by atoms with Gasteiger partial charge in [-0.25, -0.2) is 0 Å². The molecule has 24 heavy (non-hydrogen) atoms. The van der Waals surface area contributed by atoms with E-state index >= 15 is 0 Å². The highest BCUT2D eigenvalue weighted by Gasteiger charge is 2.06. The van der Waals surface area contributed by atoms with E-state index in [9.17, 15) is 4.79 Å². The third-order valence-corrected chi connectivity index (χ3v) is 3.38. The van der Waals surface area contributed by atoms with E-state index in [1.807, 2.05) is 61.5 Å². The van der Waals surface area contributed by atoms with Crippen LogP contribution in [0.5, 0.6) is 11.5 Å². The molecule has 0 unspecified atom stereocenters. The van der Waals surface area contributed by atoms with Gasteiger partial charge >= 0.3 is 0 Å². The maximum absolute atomic E-state index is 11.4. The monoisotopic (exact) mass is 324 g/mol. The lowest BCUT2D eigenvalue weighted by Crippen LogP contribution is -2.22. The van der Waals surface area contributed by atoms with Gasteiger partial charge in [0.05, 0.1) is 6.07 Å². The van der Waals surface area contributed by atoms with Crippen molar-refractivity contribution in [3.8, 4) is 17.6 Å². The van der Waals surface area contributed by atoms with Crippen molar-refractivity contribution in [1.82, 2.24) is 5.32 Å². The third-order valence-electron chi connectivity index (χ3n) is 3.38. The molecular formula is C19H20N2O3. The van der Waals surface area contributed by atoms with Crippen LogP contribution in [0.2, 0.25) is 0 Å². The van der Waals surface area contributed by atoms with Crippen LogP contribution in [0.1, 0.15) is 17.5 Å². The first-order valence-electron chi connectivity index (χ1n) is 7.73. The number of hydrogen-bond acceptors (Lipinski definition) is 4. The smallest absolute Gasteiger partial charge is 0.234 e. The zero-order valence-electron chi connectivity index (χ0n) is 13.6. The quantitative estimate of drug-likeness (QED) is 0.758. The predicted molar refractivity (Wildman–Crippen MR) is 90.7 cm³/mol. The third kappa shape index (κ3) is 5.33. The number of ether oxygens (including phenoxy) is 2. The van der Waals surface area contributed by atoms with Crippen molar-refractivity contribution in [2.75, 3.05) is 13.2 Å². The van der Waals surface area contributed by atoms with E-state index in [4.69, 9.17) is 14.7 Å². The van der Waals surface area contributed by atoms with E-state index in [0.29, 0.717) is 25.5 Å². The minimum absolute atomic E-state index is 0.146. The number of rotatable bonds is 8. The van der Waals surface area contributed by atoms with Crippen LogP contribution in [0, 0.1) is 18.3 Å². The number of nitrogens with one attached hydrogen (secondary N) is 1. The predicted octanol–water partition coefficient (Wildman–Crippen LogP) is 2.98. The molecule has 0 radical (unpaired) electrons. The van der Waals surface area contributed by atoms with Gasteiger partial charge in [-0.2, -0.15) is 5.26 Å². The van der Waals surface area contributed by atoms with Gasteiger partial charge in [-0.15, -0.1) is 0 Å². The van der Waals surface area contributed by atoms with Crippen molar-refractivity contribution < 1.29 is 14.3 Å². The molecule has 1 N–H and O–H groups in total. The molecule has 1 amide bonds. The van der Waals surface area contributed by atoms with Crippen LogP contribution in [-0.4, -0.2) is 19.1 Å².